The van der Waals surface area contributed by atoms with Gasteiger partial charge in [-0.05, 0) is 12.8 Å². The molecule has 0 heterocycles. The summed E-state index contributed by atoms with van der Waals surface area (Å²) in [6.07, 6.45) is 1.26. The standard InChI is InChI=1S/C11H20N2O4/c1-3-7-12-9(14)5-6-10(15)13-8(4-2)11(16)17/h8H,3-7H2,1-2H3,(H,12,14)(H,13,15)(H,16,17). The van der Waals surface area contributed by atoms with E-state index >= 15 is 0 Å². The molecule has 0 aliphatic heterocycles. The van der Waals surface area contributed by atoms with Crippen molar-refractivity contribution in [2.24, 2.45) is 0 Å². The summed E-state index contributed by atoms with van der Waals surface area (Å²) in [6, 6.07) is -0.874. The summed E-state index contributed by atoms with van der Waals surface area (Å²) in [4.78, 5) is 33.2. The molecule has 98 valence electrons. The minimum Gasteiger partial charge on any atom is -0.480 e. The van der Waals surface area contributed by atoms with Crippen molar-refractivity contribution >= 4 is 17.8 Å². The fourth-order valence-corrected chi connectivity index (χ4v) is 1.18. The van der Waals surface area contributed by atoms with Crippen LogP contribution >= 0.6 is 0 Å². The van der Waals surface area contributed by atoms with Gasteiger partial charge in [-0.1, -0.05) is 13.8 Å². The lowest BCUT2D eigenvalue weighted by Crippen LogP contribution is -2.40. The van der Waals surface area contributed by atoms with Crippen LogP contribution in [0.3, 0.4) is 0 Å². The van der Waals surface area contributed by atoms with E-state index in [0.29, 0.717) is 13.0 Å². The highest BCUT2D eigenvalue weighted by atomic mass is 16.4. The van der Waals surface area contributed by atoms with E-state index in [1.54, 1.807) is 6.92 Å². The maximum atomic E-state index is 11.3. The van der Waals surface area contributed by atoms with Crippen LogP contribution in [-0.2, 0) is 14.4 Å². The van der Waals surface area contributed by atoms with Gasteiger partial charge in [-0.15, -0.1) is 0 Å². The Hall–Kier alpha value is -1.59. The Bertz CT molecular complexity index is 279. The fourth-order valence-electron chi connectivity index (χ4n) is 1.18. The van der Waals surface area contributed by atoms with Crippen molar-refractivity contribution in [2.45, 2.75) is 45.6 Å². The number of carboxylic acid groups (broad SMARTS) is 1. The zero-order valence-corrected chi connectivity index (χ0v) is 10.3. The molecule has 0 radical (unpaired) electrons. The number of carboxylic acids is 1. The van der Waals surface area contributed by atoms with Crippen molar-refractivity contribution in [1.29, 1.82) is 0 Å². The molecule has 0 rings (SSSR count). The van der Waals surface area contributed by atoms with Gasteiger partial charge in [-0.25, -0.2) is 4.79 Å². The molecule has 6 heteroatoms. The number of hydrogen-bond acceptors (Lipinski definition) is 3. The van der Waals surface area contributed by atoms with Crippen LogP contribution in [0.2, 0.25) is 0 Å². The molecule has 0 aliphatic rings. The lowest BCUT2D eigenvalue weighted by Gasteiger charge is -2.11. The Labute approximate surface area is 101 Å². The maximum Gasteiger partial charge on any atom is 0.326 e. The van der Waals surface area contributed by atoms with Crippen molar-refractivity contribution in [3.8, 4) is 0 Å². The molecule has 1 atom stereocenters. The zero-order valence-electron chi connectivity index (χ0n) is 10.3. The van der Waals surface area contributed by atoms with Gasteiger partial charge in [0, 0.05) is 19.4 Å². The van der Waals surface area contributed by atoms with Crippen molar-refractivity contribution in [2.75, 3.05) is 6.54 Å². The summed E-state index contributed by atoms with van der Waals surface area (Å²) in [5, 5.41) is 13.7. The van der Waals surface area contributed by atoms with Crippen molar-refractivity contribution in [1.82, 2.24) is 10.6 Å². The number of carbonyl (C=O) groups excluding carboxylic acids is 2. The van der Waals surface area contributed by atoms with E-state index in [1.165, 1.54) is 0 Å². The zero-order chi connectivity index (χ0) is 13.3. The SMILES string of the molecule is CCCNC(=O)CCC(=O)NC(CC)C(=O)O. The summed E-state index contributed by atoms with van der Waals surface area (Å²) in [5.41, 5.74) is 0. The van der Waals surface area contributed by atoms with Gasteiger partial charge in [0.25, 0.3) is 0 Å². The van der Waals surface area contributed by atoms with Crippen LogP contribution in [0.25, 0.3) is 0 Å². The highest BCUT2D eigenvalue weighted by Gasteiger charge is 2.17. The van der Waals surface area contributed by atoms with Crippen molar-refractivity contribution in [3.63, 3.8) is 0 Å². The van der Waals surface area contributed by atoms with E-state index in [2.05, 4.69) is 10.6 Å². The summed E-state index contributed by atoms with van der Waals surface area (Å²) >= 11 is 0. The molecule has 1 unspecified atom stereocenters. The van der Waals surface area contributed by atoms with E-state index in [0.717, 1.165) is 6.42 Å². The van der Waals surface area contributed by atoms with Crippen LogP contribution in [0.5, 0.6) is 0 Å². The van der Waals surface area contributed by atoms with Gasteiger partial charge in [0.2, 0.25) is 11.8 Å². The van der Waals surface area contributed by atoms with E-state index in [9.17, 15) is 14.4 Å². The second-order valence-electron chi connectivity index (χ2n) is 3.72. The van der Waals surface area contributed by atoms with Crippen LogP contribution in [-0.4, -0.2) is 35.5 Å². The van der Waals surface area contributed by atoms with Gasteiger partial charge in [-0.2, -0.15) is 0 Å². The van der Waals surface area contributed by atoms with E-state index in [4.69, 9.17) is 5.11 Å². The van der Waals surface area contributed by atoms with Gasteiger partial charge in [0.1, 0.15) is 6.04 Å². The number of amides is 2. The second kappa shape index (κ2) is 8.55. The normalized spacial score (nSPS) is 11.6. The molecule has 0 saturated heterocycles. The first-order chi connectivity index (χ1) is 8.01. The van der Waals surface area contributed by atoms with E-state index < -0.39 is 17.9 Å². The summed E-state index contributed by atoms with van der Waals surface area (Å²) in [7, 11) is 0. The van der Waals surface area contributed by atoms with Crippen LogP contribution in [0, 0.1) is 0 Å². The number of nitrogens with one attached hydrogen (secondary N) is 2. The maximum absolute atomic E-state index is 11.3. The van der Waals surface area contributed by atoms with E-state index in [-0.39, 0.29) is 18.7 Å². The third-order valence-electron chi connectivity index (χ3n) is 2.19. The first-order valence-electron chi connectivity index (χ1n) is 5.80. The van der Waals surface area contributed by atoms with Crippen molar-refractivity contribution in [3.05, 3.63) is 0 Å². The number of aliphatic carboxylic acids is 1. The molecule has 0 aromatic carbocycles. The summed E-state index contributed by atoms with van der Waals surface area (Å²) in [6.45, 7) is 4.20. The monoisotopic (exact) mass is 244 g/mol. The molecule has 0 fully saturated rings. The van der Waals surface area contributed by atoms with Gasteiger partial charge in [0.15, 0.2) is 0 Å². The predicted octanol–water partition coefficient (Wildman–Crippen LogP) is 0.272. The van der Waals surface area contributed by atoms with Gasteiger partial charge >= 0.3 is 5.97 Å². The molecule has 0 bridgehead atoms. The molecular weight excluding hydrogens is 224 g/mol. The average Bonchev–Trinajstić information content (AvgIpc) is 2.30. The predicted molar refractivity (Wildman–Crippen MR) is 62.4 cm³/mol. The molecule has 0 aromatic heterocycles. The minimum atomic E-state index is -1.06. The fraction of sp³-hybridized carbons (Fsp3) is 0.727. The molecule has 17 heavy (non-hydrogen) atoms. The Morgan fingerprint density at radius 2 is 1.71 bits per heavy atom. The highest BCUT2D eigenvalue weighted by molar-refractivity contribution is 5.86. The molecular formula is C11H20N2O4. The third kappa shape index (κ3) is 7.32. The first-order valence-corrected chi connectivity index (χ1v) is 5.80. The average molecular weight is 244 g/mol. The highest BCUT2D eigenvalue weighted by Crippen LogP contribution is 1.95. The minimum absolute atomic E-state index is 0.0132. The topological polar surface area (TPSA) is 95.5 Å². The van der Waals surface area contributed by atoms with Crippen LogP contribution < -0.4 is 10.6 Å². The second-order valence-corrected chi connectivity index (χ2v) is 3.72. The summed E-state index contributed by atoms with van der Waals surface area (Å²) in [5.74, 6) is -1.66. The smallest absolute Gasteiger partial charge is 0.326 e. The Morgan fingerprint density at radius 1 is 1.12 bits per heavy atom. The molecule has 0 saturated carbocycles. The van der Waals surface area contributed by atoms with Crippen LogP contribution in [0.1, 0.15) is 39.5 Å². The molecule has 3 N–H and O–H groups in total. The Morgan fingerprint density at radius 3 is 2.18 bits per heavy atom. The summed E-state index contributed by atoms with van der Waals surface area (Å²) < 4.78 is 0. The van der Waals surface area contributed by atoms with Crippen LogP contribution in [0.15, 0.2) is 0 Å². The largest absolute Gasteiger partial charge is 0.480 e. The molecule has 6 nitrogen and oxygen atoms in total. The Balaban J connectivity index is 3.86. The molecule has 0 aliphatic carbocycles. The lowest BCUT2D eigenvalue weighted by atomic mass is 10.2. The molecule has 0 spiro atoms. The molecule has 0 aromatic rings. The van der Waals surface area contributed by atoms with E-state index in [1.807, 2.05) is 6.92 Å². The van der Waals surface area contributed by atoms with Gasteiger partial charge in [0.05, 0.1) is 0 Å². The number of carbonyl (C=O) groups is 3. The molecule has 2 amide bonds. The van der Waals surface area contributed by atoms with Gasteiger partial charge < -0.3 is 15.7 Å². The third-order valence-corrected chi connectivity index (χ3v) is 2.19. The van der Waals surface area contributed by atoms with Gasteiger partial charge in [-0.3, -0.25) is 9.59 Å². The van der Waals surface area contributed by atoms with Crippen LogP contribution in [0.4, 0.5) is 0 Å². The van der Waals surface area contributed by atoms with Crippen molar-refractivity contribution < 1.29 is 19.5 Å². The Kier molecular flexibility index (Phi) is 7.75. The lowest BCUT2D eigenvalue weighted by molar-refractivity contribution is -0.141. The first kappa shape index (κ1) is 15.4. The quantitative estimate of drug-likeness (QED) is 0.571. The number of hydrogen-bond donors (Lipinski definition) is 3. The number of rotatable bonds is 8.